The molecule has 1 aromatic heterocycles. The van der Waals surface area contributed by atoms with Crippen LogP contribution in [-0.4, -0.2) is 11.7 Å². The molecular formula is C7H10BrNOS. The van der Waals surface area contributed by atoms with E-state index in [1.165, 1.54) is 0 Å². The van der Waals surface area contributed by atoms with Crippen LogP contribution in [0.3, 0.4) is 0 Å². The molecule has 1 atom stereocenters. The number of nitrogens with two attached hydrogens (primary N) is 1. The van der Waals surface area contributed by atoms with Crippen LogP contribution in [0, 0.1) is 0 Å². The predicted molar refractivity (Wildman–Crippen MR) is 50.7 cm³/mol. The summed E-state index contributed by atoms with van der Waals surface area (Å²) in [4.78, 5) is 1.12. The van der Waals surface area contributed by atoms with E-state index >= 15 is 0 Å². The summed E-state index contributed by atoms with van der Waals surface area (Å²) in [5, 5.41) is 10.6. The van der Waals surface area contributed by atoms with Gasteiger partial charge in [0.05, 0.1) is 0 Å². The van der Waals surface area contributed by atoms with Crippen molar-refractivity contribution in [1.82, 2.24) is 0 Å². The third-order valence-corrected chi connectivity index (χ3v) is 3.22. The maximum atomic E-state index is 8.62. The van der Waals surface area contributed by atoms with Crippen molar-refractivity contribution in [2.75, 3.05) is 6.61 Å². The van der Waals surface area contributed by atoms with Gasteiger partial charge >= 0.3 is 0 Å². The van der Waals surface area contributed by atoms with Crippen molar-refractivity contribution in [2.24, 2.45) is 5.73 Å². The van der Waals surface area contributed by atoms with Gasteiger partial charge in [-0.05, 0) is 28.4 Å². The van der Waals surface area contributed by atoms with Gasteiger partial charge in [-0.2, -0.15) is 0 Å². The summed E-state index contributed by atoms with van der Waals surface area (Å²) in [6.45, 7) is 0.149. The van der Waals surface area contributed by atoms with Crippen molar-refractivity contribution in [3.63, 3.8) is 0 Å². The fraction of sp³-hybridized carbons (Fsp3) is 0.429. The smallest absolute Gasteiger partial charge is 0.0449 e. The average molecular weight is 236 g/mol. The molecular weight excluding hydrogens is 226 g/mol. The van der Waals surface area contributed by atoms with Gasteiger partial charge in [-0.25, -0.2) is 0 Å². The van der Waals surface area contributed by atoms with Gasteiger partial charge in [0.15, 0.2) is 0 Å². The first-order chi connectivity index (χ1) is 5.24. The summed E-state index contributed by atoms with van der Waals surface area (Å²) in [7, 11) is 0. The molecule has 0 saturated heterocycles. The standard InChI is InChI=1S/C7H10BrNOS/c8-5-3-7(11-4-5)6(9)1-2-10/h3-4,6,10H,1-2,9H2/t6-/m1/s1. The third-order valence-electron chi connectivity index (χ3n) is 1.39. The number of hydrogen-bond acceptors (Lipinski definition) is 3. The average Bonchev–Trinajstić information content (AvgIpc) is 2.36. The molecule has 62 valence electrons. The van der Waals surface area contributed by atoms with Crippen molar-refractivity contribution in [1.29, 1.82) is 0 Å². The van der Waals surface area contributed by atoms with Crippen molar-refractivity contribution < 1.29 is 5.11 Å². The van der Waals surface area contributed by atoms with Crippen molar-refractivity contribution in [2.45, 2.75) is 12.5 Å². The Bertz CT molecular complexity index is 226. The Balaban J connectivity index is 2.60. The highest BCUT2D eigenvalue weighted by Gasteiger charge is 2.06. The summed E-state index contributed by atoms with van der Waals surface area (Å²) in [6, 6.07) is 1.97. The number of aliphatic hydroxyl groups is 1. The second kappa shape index (κ2) is 4.21. The molecule has 0 saturated carbocycles. The normalized spacial score (nSPS) is 13.4. The van der Waals surface area contributed by atoms with Gasteiger partial charge in [0.25, 0.3) is 0 Å². The lowest BCUT2D eigenvalue weighted by Crippen LogP contribution is -2.09. The van der Waals surface area contributed by atoms with Gasteiger partial charge in [0.2, 0.25) is 0 Å². The van der Waals surface area contributed by atoms with Crippen LogP contribution < -0.4 is 5.73 Å². The Kier molecular flexibility index (Phi) is 3.51. The summed E-state index contributed by atoms with van der Waals surface area (Å²) in [5.41, 5.74) is 5.75. The Hall–Kier alpha value is 0.1000. The third kappa shape index (κ3) is 2.56. The predicted octanol–water partition coefficient (Wildman–Crippen LogP) is 1.89. The van der Waals surface area contributed by atoms with Gasteiger partial charge in [-0.1, -0.05) is 0 Å². The van der Waals surface area contributed by atoms with Crippen LogP contribution in [0.4, 0.5) is 0 Å². The van der Waals surface area contributed by atoms with E-state index in [0.717, 1.165) is 9.35 Å². The van der Waals surface area contributed by atoms with E-state index in [9.17, 15) is 0 Å². The van der Waals surface area contributed by atoms with Crippen molar-refractivity contribution in [3.05, 3.63) is 20.8 Å². The zero-order valence-electron chi connectivity index (χ0n) is 5.96. The van der Waals surface area contributed by atoms with Crippen LogP contribution in [-0.2, 0) is 0 Å². The van der Waals surface area contributed by atoms with Gasteiger partial charge < -0.3 is 10.8 Å². The molecule has 0 spiro atoms. The fourth-order valence-electron chi connectivity index (χ4n) is 0.804. The van der Waals surface area contributed by atoms with Gasteiger partial charge in [0.1, 0.15) is 0 Å². The van der Waals surface area contributed by atoms with Crippen molar-refractivity contribution >= 4 is 27.3 Å². The number of halogens is 1. The Morgan fingerprint density at radius 2 is 2.45 bits per heavy atom. The SMILES string of the molecule is N[C@H](CCO)c1cc(Br)cs1. The van der Waals surface area contributed by atoms with Gasteiger partial charge in [0, 0.05) is 27.4 Å². The second-order valence-electron chi connectivity index (χ2n) is 2.29. The van der Waals surface area contributed by atoms with Crippen molar-refractivity contribution in [3.8, 4) is 0 Å². The van der Waals surface area contributed by atoms with E-state index in [1.807, 2.05) is 11.4 Å². The van der Waals surface area contributed by atoms with Gasteiger partial charge in [-0.3, -0.25) is 0 Å². The molecule has 0 aliphatic heterocycles. The number of hydrogen-bond donors (Lipinski definition) is 2. The highest BCUT2D eigenvalue weighted by atomic mass is 79.9. The highest BCUT2D eigenvalue weighted by Crippen LogP contribution is 2.25. The molecule has 2 nitrogen and oxygen atoms in total. The lowest BCUT2D eigenvalue weighted by atomic mass is 10.2. The zero-order chi connectivity index (χ0) is 8.27. The minimum Gasteiger partial charge on any atom is -0.396 e. The molecule has 0 aromatic carbocycles. The van der Waals surface area contributed by atoms with Gasteiger partial charge in [-0.15, -0.1) is 11.3 Å². The Morgan fingerprint density at radius 3 is 2.91 bits per heavy atom. The van der Waals surface area contributed by atoms with E-state index in [1.54, 1.807) is 11.3 Å². The number of thiophene rings is 1. The first-order valence-electron chi connectivity index (χ1n) is 3.34. The molecule has 1 rings (SSSR count). The molecule has 0 aliphatic carbocycles. The summed E-state index contributed by atoms with van der Waals surface area (Å²) >= 11 is 4.96. The van der Waals surface area contributed by atoms with Crippen LogP contribution in [0.2, 0.25) is 0 Å². The van der Waals surface area contributed by atoms with Crippen LogP contribution in [0.15, 0.2) is 15.9 Å². The molecule has 0 radical (unpaired) electrons. The first kappa shape index (κ1) is 9.19. The molecule has 0 unspecified atom stereocenters. The quantitative estimate of drug-likeness (QED) is 0.841. The fourth-order valence-corrected chi connectivity index (χ4v) is 2.29. The van der Waals surface area contributed by atoms with E-state index < -0.39 is 0 Å². The van der Waals surface area contributed by atoms with Crippen LogP contribution in [0.5, 0.6) is 0 Å². The lowest BCUT2D eigenvalue weighted by Gasteiger charge is -2.05. The minimum atomic E-state index is -0.0173. The minimum absolute atomic E-state index is 0.0173. The summed E-state index contributed by atoms with van der Waals surface area (Å²) < 4.78 is 1.06. The van der Waals surface area contributed by atoms with Crippen LogP contribution >= 0.6 is 27.3 Å². The molecule has 1 aromatic rings. The second-order valence-corrected chi connectivity index (χ2v) is 4.14. The van der Waals surface area contributed by atoms with Crippen LogP contribution in [0.25, 0.3) is 0 Å². The van der Waals surface area contributed by atoms with E-state index in [0.29, 0.717) is 6.42 Å². The summed E-state index contributed by atoms with van der Waals surface area (Å²) in [5.74, 6) is 0. The first-order valence-corrected chi connectivity index (χ1v) is 5.01. The zero-order valence-corrected chi connectivity index (χ0v) is 8.36. The molecule has 0 fully saturated rings. The largest absolute Gasteiger partial charge is 0.396 e. The summed E-state index contributed by atoms with van der Waals surface area (Å²) in [6.07, 6.45) is 0.632. The molecule has 3 N–H and O–H groups in total. The monoisotopic (exact) mass is 235 g/mol. The number of rotatable bonds is 3. The molecule has 0 amide bonds. The van der Waals surface area contributed by atoms with Crippen LogP contribution in [0.1, 0.15) is 17.3 Å². The molecule has 0 bridgehead atoms. The van der Waals surface area contributed by atoms with E-state index in [4.69, 9.17) is 10.8 Å². The molecule has 1 heterocycles. The Morgan fingerprint density at radius 1 is 1.73 bits per heavy atom. The van der Waals surface area contributed by atoms with E-state index in [2.05, 4.69) is 15.9 Å². The van der Waals surface area contributed by atoms with E-state index in [-0.39, 0.29) is 12.6 Å². The molecule has 4 heteroatoms. The number of aliphatic hydroxyl groups excluding tert-OH is 1. The maximum absolute atomic E-state index is 8.62. The molecule has 0 aliphatic rings. The topological polar surface area (TPSA) is 46.2 Å². The maximum Gasteiger partial charge on any atom is 0.0449 e. The Labute approximate surface area is 78.2 Å². The lowest BCUT2D eigenvalue weighted by molar-refractivity contribution is 0.277. The molecule has 11 heavy (non-hydrogen) atoms. The highest BCUT2D eigenvalue weighted by molar-refractivity contribution is 9.10.